The lowest BCUT2D eigenvalue weighted by Crippen LogP contribution is -2.26. The van der Waals surface area contributed by atoms with Crippen molar-refractivity contribution in [2.45, 2.75) is 6.42 Å². The molecule has 0 saturated heterocycles. The lowest BCUT2D eigenvalue weighted by atomic mass is 10.2. The Bertz CT molecular complexity index is 706. The molecule has 118 valence electrons. The van der Waals surface area contributed by atoms with Gasteiger partial charge in [-0.05, 0) is 35.4 Å². The van der Waals surface area contributed by atoms with E-state index in [1.807, 2.05) is 36.4 Å². The number of benzene rings is 2. The number of nitrogens with zero attached hydrogens (tertiary/aromatic N) is 3. The summed E-state index contributed by atoms with van der Waals surface area (Å²) in [5, 5.41) is 13.0. The van der Waals surface area contributed by atoms with Crippen LogP contribution in [0.15, 0.2) is 63.8 Å². The lowest BCUT2D eigenvalue weighted by molar-refractivity contribution is 0.993. The van der Waals surface area contributed by atoms with E-state index in [4.69, 9.17) is 28.9 Å². The maximum absolute atomic E-state index is 5.81. The smallest absolute Gasteiger partial charge is 0.234 e. The molecule has 0 aromatic heterocycles. The van der Waals surface area contributed by atoms with E-state index in [1.165, 1.54) is 0 Å². The molecule has 0 aliphatic rings. The second-order valence-corrected chi connectivity index (χ2v) is 5.41. The predicted octanol–water partition coefficient (Wildman–Crippen LogP) is 3.46. The Morgan fingerprint density at radius 1 is 1.00 bits per heavy atom. The third kappa shape index (κ3) is 6.50. The summed E-state index contributed by atoms with van der Waals surface area (Å²) in [5.74, 6) is 0.0996. The van der Waals surface area contributed by atoms with E-state index < -0.39 is 0 Å². The topological polar surface area (TPSA) is 75.1 Å². The molecule has 0 bridgehead atoms. The van der Waals surface area contributed by atoms with Crippen molar-refractivity contribution in [1.82, 2.24) is 5.43 Å². The Labute approximate surface area is 144 Å². The van der Waals surface area contributed by atoms with Gasteiger partial charge in [-0.15, -0.1) is 5.10 Å². The summed E-state index contributed by atoms with van der Waals surface area (Å²) in [4.78, 5) is 0. The van der Waals surface area contributed by atoms with Gasteiger partial charge in [-0.2, -0.15) is 10.2 Å². The number of hydrogen-bond donors (Lipinski definition) is 2. The monoisotopic (exact) mass is 347 g/mol. The van der Waals surface area contributed by atoms with Gasteiger partial charge in [0.25, 0.3) is 0 Å². The fraction of sp³-hybridized carbons (Fsp3) is 0.0625. The zero-order chi connectivity index (χ0) is 16.5. The molecule has 0 fully saturated rings. The summed E-state index contributed by atoms with van der Waals surface area (Å²) in [6.45, 7) is 0. The van der Waals surface area contributed by atoms with Crippen LogP contribution >= 0.6 is 23.2 Å². The quantitative estimate of drug-likeness (QED) is 0.493. The molecule has 0 saturated carbocycles. The average molecular weight is 348 g/mol. The number of nitrogens with one attached hydrogen (secondary N) is 1. The van der Waals surface area contributed by atoms with Crippen LogP contribution in [0, 0.1) is 0 Å². The molecule has 0 aliphatic carbocycles. The summed E-state index contributed by atoms with van der Waals surface area (Å²) in [5.41, 5.74) is 10.2. The third-order valence-corrected chi connectivity index (χ3v) is 3.25. The van der Waals surface area contributed by atoms with Crippen molar-refractivity contribution in [1.29, 1.82) is 0 Å². The summed E-state index contributed by atoms with van der Waals surface area (Å²) in [6, 6.07) is 14.7. The van der Waals surface area contributed by atoms with Crippen LogP contribution in [0.3, 0.4) is 0 Å². The lowest BCUT2D eigenvalue weighted by Gasteiger charge is -1.97. The van der Waals surface area contributed by atoms with Gasteiger partial charge >= 0.3 is 0 Å². The zero-order valence-corrected chi connectivity index (χ0v) is 13.7. The Hall–Kier alpha value is -2.37. The highest BCUT2D eigenvalue weighted by atomic mass is 35.5. The summed E-state index contributed by atoms with van der Waals surface area (Å²) in [7, 11) is 0. The normalized spacial score (nSPS) is 12.2. The molecule has 3 N–H and O–H groups in total. The van der Waals surface area contributed by atoms with E-state index in [9.17, 15) is 0 Å². The molecule has 0 aliphatic heterocycles. The molecule has 0 radical (unpaired) electrons. The highest BCUT2D eigenvalue weighted by Crippen LogP contribution is 2.09. The molecule has 5 nitrogen and oxygen atoms in total. The van der Waals surface area contributed by atoms with Crippen LogP contribution in [0.25, 0.3) is 0 Å². The second kappa shape index (κ2) is 8.92. The van der Waals surface area contributed by atoms with E-state index in [2.05, 4.69) is 20.7 Å². The van der Waals surface area contributed by atoms with Gasteiger partial charge in [0, 0.05) is 22.7 Å². The molecule has 23 heavy (non-hydrogen) atoms. The highest BCUT2D eigenvalue weighted by molar-refractivity contribution is 6.30. The number of halogens is 2. The van der Waals surface area contributed by atoms with Gasteiger partial charge in [0.1, 0.15) is 0 Å². The summed E-state index contributed by atoms with van der Waals surface area (Å²) in [6.07, 6.45) is 3.90. The largest absolute Gasteiger partial charge is 0.367 e. The first-order chi connectivity index (χ1) is 11.1. The standard InChI is InChI=1S/C16H15Cl2N5/c17-14-5-1-12(2-6-14)9-10-20-22-16(19)23-21-11-13-3-7-15(18)8-4-13/h1-8,10-11H,9H2,(H3,19,22,23)/b20-10+,21-11+. The van der Waals surface area contributed by atoms with Crippen LogP contribution in [-0.4, -0.2) is 18.4 Å². The second-order valence-electron chi connectivity index (χ2n) is 4.54. The maximum Gasteiger partial charge on any atom is 0.234 e. The first-order valence-corrected chi connectivity index (χ1v) is 7.53. The number of nitrogens with two attached hydrogens (primary N) is 1. The average Bonchev–Trinajstić information content (AvgIpc) is 2.55. The first-order valence-electron chi connectivity index (χ1n) is 6.77. The number of hydrogen-bond acceptors (Lipinski definition) is 3. The van der Waals surface area contributed by atoms with Crippen LogP contribution in [0.1, 0.15) is 11.1 Å². The van der Waals surface area contributed by atoms with Gasteiger partial charge in [-0.3, -0.25) is 0 Å². The van der Waals surface area contributed by atoms with Gasteiger partial charge in [0.2, 0.25) is 5.96 Å². The van der Waals surface area contributed by atoms with Crippen molar-refractivity contribution < 1.29 is 0 Å². The van der Waals surface area contributed by atoms with Crippen molar-refractivity contribution in [3.63, 3.8) is 0 Å². The molecule has 0 amide bonds. The minimum absolute atomic E-state index is 0.0996. The highest BCUT2D eigenvalue weighted by Gasteiger charge is 1.91. The molecule has 0 atom stereocenters. The van der Waals surface area contributed by atoms with Gasteiger partial charge in [-0.25, -0.2) is 5.43 Å². The van der Waals surface area contributed by atoms with E-state index >= 15 is 0 Å². The predicted molar refractivity (Wildman–Crippen MR) is 97.5 cm³/mol. The molecule has 7 heteroatoms. The van der Waals surface area contributed by atoms with Crippen LogP contribution in [-0.2, 0) is 6.42 Å². The van der Waals surface area contributed by atoms with E-state index in [-0.39, 0.29) is 5.96 Å². The fourth-order valence-corrected chi connectivity index (χ4v) is 1.87. The molecular formula is C16H15Cl2N5. The number of hydrazone groups is 1. The minimum Gasteiger partial charge on any atom is -0.367 e. The Balaban J connectivity index is 1.79. The van der Waals surface area contributed by atoms with Crippen LogP contribution < -0.4 is 11.2 Å². The van der Waals surface area contributed by atoms with Gasteiger partial charge in [0.05, 0.1) is 6.21 Å². The molecule has 0 heterocycles. The summed E-state index contributed by atoms with van der Waals surface area (Å²) >= 11 is 11.6. The van der Waals surface area contributed by atoms with Gasteiger partial charge < -0.3 is 5.73 Å². The van der Waals surface area contributed by atoms with Crippen LogP contribution in [0.5, 0.6) is 0 Å². The molecular weight excluding hydrogens is 333 g/mol. The Morgan fingerprint density at radius 2 is 1.61 bits per heavy atom. The number of guanidine groups is 1. The van der Waals surface area contributed by atoms with Gasteiger partial charge in [0.15, 0.2) is 0 Å². The van der Waals surface area contributed by atoms with Crippen molar-refractivity contribution in [3.05, 3.63) is 69.7 Å². The Kier molecular flexibility index (Phi) is 6.59. The van der Waals surface area contributed by atoms with E-state index in [1.54, 1.807) is 24.6 Å². The van der Waals surface area contributed by atoms with E-state index in [0.717, 1.165) is 11.1 Å². The minimum atomic E-state index is 0.0996. The van der Waals surface area contributed by atoms with Gasteiger partial charge in [-0.1, -0.05) is 47.5 Å². The van der Waals surface area contributed by atoms with Crippen molar-refractivity contribution in [3.8, 4) is 0 Å². The Morgan fingerprint density at radius 3 is 2.26 bits per heavy atom. The molecule has 2 aromatic carbocycles. The first kappa shape index (κ1) is 17.0. The zero-order valence-electron chi connectivity index (χ0n) is 12.2. The molecule has 2 aromatic rings. The molecule has 2 rings (SSSR count). The van der Waals surface area contributed by atoms with Crippen LogP contribution in [0.2, 0.25) is 10.0 Å². The fourth-order valence-electron chi connectivity index (χ4n) is 1.61. The SMILES string of the molecule is N/C(=N\N=C\Cc1ccc(Cl)cc1)N/N=C/c1ccc(Cl)cc1. The molecule has 0 spiro atoms. The van der Waals surface area contributed by atoms with Crippen LogP contribution in [0.4, 0.5) is 0 Å². The summed E-state index contributed by atoms with van der Waals surface area (Å²) < 4.78 is 0. The maximum atomic E-state index is 5.81. The van der Waals surface area contributed by atoms with Crippen molar-refractivity contribution >= 4 is 41.6 Å². The van der Waals surface area contributed by atoms with Crippen molar-refractivity contribution in [2.75, 3.05) is 0 Å². The third-order valence-electron chi connectivity index (χ3n) is 2.75. The molecule has 0 unspecified atom stereocenters. The van der Waals surface area contributed by atoms with E-state index in [0.29, 0.717) is 16.5 Å². The van der Waals surface area contributed by atoms with Crippen molar-refractivity contribution in [2.24, 2.45) is 21.0 Å². The number of rotatable bonds is 5.